The Morgan fingerprint density at radius 2 is 1.18 bits per heavy atom. The summed E-state index contributed by atoms with van der Waals surface area (Å²) in [6, 6.07) is 44.5. The molecular formula is C38H31ClN2O3. The fourth-order valence-corrected chi connectivity index (χ4v) is 5.30. The van der Waals surface area contributed by atoms with E-state index in [1.54, 1.807) is 0 Å². The third kappa shape index (κ3) is 6.72. The van der Waals surface area contributed by atoms with Crippen LogP contribution in [-0.2, 0) is 19.8 Å². The van der Waals surface area contributed by atoms with Crippen LogP contribution >= 0.6 is 11.6 Å². The van der Waals surface area contributed by atoms with Crippen LogP contribution in [0.15, 0.2) is 127 Å². The molecule has 1 aromatic heterocycles. The van der Waals surface area contributed by atoms with Crippen LogP contribution in [0.4, 0.5) is 0 Å². The van der Waals surface area contributed by atoms with Crippen LogP contribution in [0, 0.1) is 11.3 Å². The minimum Gasteiger partial charge on any atom is -0.492 e. The summed E-state index contributed by atoms with van der Waals surface area (Å²) in [6.07, 6.45) is 0. The molecule has 0 aliphatic carbocycles. The quantitative estimate of drug-likeness (QED) is 0.132. The first-order valence-electron chi connectivity index (χ1n) is 14.5. The predicted octanol–water partition coefficient (Wildman–Crippen LogP) is 9.00. The number of halogens is 1. The second kappa shape index (κ2) is 13.9. The highest BCUT2D eigenvalue weighted by atomic mass is 35.5. The maximum Gasteiger partial charge on any atom is 0.120 e. The first-order chi connectivity index (χ1) is 21.7. The fourth-order valence-electron chi connectivity index (χ4n) is 5.22. The Kier molecular flexibility index (Phi) is 9.11. The van der Waals surface area contributed by atoms with Gasteiger partial charge in [-0.1, -0.05) is 72.8 Å². The Labute approximate surface area is 262 Å². The molecule has 6 heteroatoms. The molecule has 5 nitrogen and oxygen atoms in total. The van der Waals surface area contributed by atoms with E-state index in [4.69, 9.17) is 25.8 Å². The summed E-state index contributed by atoms with van der Waals surface area (Å²) in [5.41, 5.74) is 6.60. The zero-order valence-electron chi connectivity index (χ0n) is 24.2. The van der Waals surface area contributed by atoms with E-state index in [1.807, 2.05) is 127 Å². The zero-order chi connectivity index (χ0) is 30.1. The lowest BCUT2D eigenvalue weighted by molar-refractivity contribution is 0.306. The van der Waals surface area contributed by atoms with Crippen molar-refractivity contribution in [1.29, 1.82) is 5.26 Å². The van der Waals surface area contributed by atoms with Gasteiger partial charge in [-0.2, -0.15) is 5.26 Å². The summed E-state index contributed by atoms with van der Waals surface area (Å²) in [5.74, 6) is 2.69. The highest BCUT2D eigenvalue weighted by molar-refractivity contribution is 6.18. The molecule has 0 spiro atoms. The maximum atomic E-state index is 10.5. The molecule has 1 heterocycles. The summed E-state index contributed by atoms with van der Waals surface area (Å²) in [5, 5.41) is 11.3. The smallest absolute Gasteiger partial charge is 0.120 e. The molecule has 0 saturated carbocycles. The van der Waals surface area contributed by atoms with E-state index in [0.717, 1.165) is 50.3 Å². The number of benzene rings is 5. The molecule has 6 aromatic rings. The highest BCUT2D eigenvalue weighted by Gasteiger charge is 2.20. The number of ether oxygens (including phenoxy) is 3. The minimum absolute atomic E-state index is 0.435. The molecule has 0 bridgehead atoms. The van der Waals surface area contributed by atoms with Crippen LogP contribution in [-0.4, -0.2) is 17.1 Å². The number of aromatic nitrogens is 1. The summed E-state index contributed by atoms with van der Waals surface area (Å²) in [7, 11) is 0. The van der Waals surface area contributed by atoms with E-state index in [0.29, 0.717) is 43.6 Å². The molecule has 0 aliphatic rings. The molecule has 218 valence electrons. The average molecular weight is 599 g/mol. The van der Waals surface area contributed by atoms with E-state index in [2.05, 4.69) is 10.6 Å². The number of hydrogen-bond acceptors (Lipinski definition) is 4. The summed E-state index contributed by atoms with van der Waals surface area (Å²) in [6.45, 7) is 1.96. The predicted molar refractivity (Wildman–Crippen MR) is 175 cm³/mol. The van der Waals surface area contributed by atoms with E-state index >= 15 is 0 Å². The van der Waals surface area contributed by atoms with Gasteiger partial charge in [-0.3, -0.25) is 0 Å². The summed E-state index contributed by atoms with van der Waals surface area (Å²) >= 11 is 5.78. The van der Waals surface area contributed by atoms with Crippen molar-refractivity contribution < 1.29 is 14.2 Å². The van der Waals surface area contributed by atoms with Crippen molar-refractivity contribution in [2.45, 2.75) is 19.8 Å². The van der Waals surface area contributed by atoms with Crippen LogP contribution in [0.2, 0.25) is 0 Å². The SMILES string of the molecule is N#Cc1c(-c2ccc(OCc3ccccc3)cc2)n(Cc2ccc(OCCCl)cc2)c2ccc(OCc3ccccc3)cc12. The van der Waals surface area contributed by atoms with Gasteiger partial charge in [0.1, 0.15) is 43.1 Å². The molecule has 44 heavy (non-hydrogen) atoms. The Morgan fingerprint density at radius 3 is 1.80 bits per heavy atom. The Bertz CT molecular complexity index is 1860. The number of hydrogen-bond donors (Lipinski definition) is 0. The van der Waals surface area contributed by atoms with Crippen LogP contribution in [0.3, 0.4) is 0 Å². The van der Waals surface area contributed by atoms with Gasteiger partial charge in [-0.15, -0.1) is 11.6 Å². The van der Waals surface area contributed by atoms with Crippen molar-refractivity contribution in [1.82, 2.24) is 4.57 Å². The van der Waals surface area contributed by atoms with Crippen molar-refractivity contribution in [2.75, 3.05) is 12.5 Å². The first kappa shape index (κ1) is 28.9. The van der Waals surface area contributed by atoms with Crippen molar-refractivity contribution in [2.24, 2.45) is 0 Å². The van der Waals surface area contributed by atoms with Gasteiger partial charge in [-0.05, 0) is 76.9 Å². The van der Waals surface area contributed by atoms with Crippen molar-refractivity contribution in [3.05, 3.63) is 150 Å². The van der Waals surface area contributed by atoms with Crippen molar-refractivity contribution in [3.63, 3.8) is 0 Å². The second-order valence-electron chi connectivity index (χ2n) is 10.4. The number of nitriles is 1. The molecule has 0 atom stereocenters. The second-order valence-corrected chi connectivity index (χ2v) is 10.7. The van der Waals surface area contributed by atoms with Gasteiger partial charge < -0.3 is 18.8 Å². The Hall–Kier alpha value is -5.18. The average Bonchev–Trinajstić information content (AvgIpc) is 3.39. The third-order valence-electron chi connectivity index (χ3n) is 7.38. The summed E-state index contributed by atoms with van der Waals surface area (Å²) < 4.78 is 20.0. The van der Waals surface area contributed by atoms with Gasteiger partial charge in [0.2, 0.25) is 0 Å². The van der Waals surface area contributed by atoms with Crippen molar-refractivity contribution in [3.8, 4) is 34.6 Å². The van der Waals surface area contributed by atoms with E-state index in [1.165, 1.54) is 0 Å². The standard InChI is InChI=1S/C38H31ClN2O3/c39-21-22-42-32-15-11-28(12-16-32)25-41-37-20-19-34(44-27-30-9-5-2-6-10-30)23-35(37)36(24-40)38(41)31-13-17-33(18-14-31)43-26-29-7-3-1-4-8-29/h1-20,23H,21-22,25-27H2. The molecule has 0 fully saturated rings. The molecule has 5 aromatic carbocycles. The lowest BCUT2D eigenvalue weighted by Gasteiger charge is -2.13. The number of alkyl halides is 1. The highest BCUT2D eigenvalue weighted by Crippen LogP contribution is 2.37. The summed E-state index contributed by atoms with van der Waals surface area (Å²) in [4.78, 5) is 0. The maximum absolute atomic E-state index is 10.5. The largest absolute Gasteiger partial charge is 0.492 e. The number of nitrogens with zero attached hydrogens (tertiary/aromatic N) is 2. The van der Waals surface area contributed by atoms with Crippen LogP contribution in [0.5, 0.6) is 17.2 Å². The molecule has 0 saturated heterocycles. The van der Waals surface area contributed by atoms with Gasteiger partial charge >= 0.3 is 0 Å². The molecule has 0 radical (unpaired) electrons. The van der Waals surface area contributed by atoms with Crippen LogP contribution in [0.1, 0.15) is 22.3 Å². The Morgan fingerprint density at radius 1 is 0.614 bits per heavy atom. The van der Waals surface area contributed by atoms with E-state index in [9.17, 15) is 5.26 Å². The molecule has 0 aliphatic heterocycles. The van der Waals surface area contributed by atoms with Crippen molar-refractivity contribution >= 4 is 22.5 Å². The lowest BCUT2D eigenvalue weighted by atomic mass is 10.1. The van der Waals surface area contributed by atoms with Gasteiger partial charge in [0, 0.05) is 11.9 Å². The Balaban J connectivity index is 1.35. The topological polar surface area (TPSA) is 56.4 Å². The van der Waals surface area contributed by atoms with Gasteiger partial charge in [-0.25, -0.2) is 0 Å². The third-order valence-corrected chi connectivity index (χ3v) is 7.54. The monoisotopic (exact) mass is 598 g/mol. The normalized spacial score (nSPS) is 10.8. The fraction of sp³-hybridized carbons (Fsp3) is 0.132. The molecule has 0 amide bonds. The zero-order valence-corrected chi connectivity index (χ0v) is 24.9. The van der Waals surface area contributed by atoms with Gasteiger partial charge in [0.05, 0.1) is 22.7 Å². The van der Waals surface area contributed by atoms with Gasteiger partial charge in [0.15, 0.2) is 0 Å². The number of rotatable bonds is 12. The van der Waals surface area contributed by atoms with E-state index < -0.39 is 0 Å². The minimum atomic E-state index is 0.435. The van der Waals surface area contributed by atoms with Gasteiger partial charge in [0.25, 0.3) is 0 Å². The van der Waals surface area contributed by atoms with Crippen LogP contribution < -0.4 is 14.2 Å². The first-order valence-corrected chi connectivity index (χ1v) is 15.0. The van der Waals surface area contributed by atoms with Crippen LogP contribution in [0.25, 0.3) is 22.2 Å². The molecule has 0 unspecified atom stereocenters. The molecular weight excluding hydrogens is 568 g/mol. The molecule has 0 N–H and O–H groups in total. The number of fused-ring (bicyclic) bond motifs is 1. The lowest BCUT2D eigenvalue weighted by Crippen LogP contribution is -2.03. The van der Waals surface area contributed by atoms with E-state index in [-0.39, 0.29) is 0 Å². The molecule has 6 rings (SSSR count).